The third-order valence-corrected chi connectivity index (χ3v) is 7.50. The van der Waals surface area contributed by atoms with E-state index in [4.69, 9.17) is 13.9 Å². The van der Waals surface area contributed by atoms with Crippen molar-refractivity contribution in [1.82, 2.24) is 5.06 Å². The van der Waals surface area contributed by atoms with Crippen LogP contribution in [0, 0.1) is 5.92 Å². The number of hydrogen-bond donors (Lipinski definition) is 0. The number of benzene rings is 1. The molecule has 0 aromatic heterocycles. The van der Waals surface area contributed by atoms with Gasteiger partial charge < -0.3 is 9.05 Å². The van der Waals surface area contributed by atoms with E-state index in [1.165, 1.54) is 0 Å². The minimum Gasteiger partial charge on any atom is -0.308 e. The molecule has 24 heavy (non-hydrogen) atoms. The fourth-order valence-corrected chi connectivity index (χ4v) is 6.40. The van der Waals surface area contributed by atoms with Crippen LogP contribution in [0.3, 0.4) is 0 Å². The summed E-state index contributed by atoms with van der Waals surface area (Å²) < 4.78 is 24.9. The van der Waals surface area contributed by atoms with E-state index >= 15 is 0 Å². The Morgan fingerprint density at radius 3 is 2.50 bits per heavy atom. The van der Waals surface area contributed by atoms with Crippen molar-refractivity contribution in [3.8, 4) is 0 Å². The van der Waals surface area contributed by atoms with Gasteiger partial charge in [-0.1, -0.05) is 36.8 Å². The SMILES string of the molecule is CCOP(=O)(OCC)[C@H]1[C@@H]2CCC[C@@H]2ON1[C@@H](C)c1ccccc1. The predicted molar refractivity (Wildman–Crippen MR) is 93.6 cm³/mol. The maximum atomic E-state index is 13.5. The average Bonchev–Trinajstić information content (AvgIpc) is 3.16. The summed E-state index contributed by atoms with van der Waals surface area (Å²) in [5, 5.41) is 1.90. The number of fused-ring (bicyclic) bond motifs is 1. The molecule has 0 spiro atoms. The first-order valence-corrected chi connectivity index (χ1v) is 10.6. The molecular weight excluding hydrogens is 325 g/mol. The third-order valence-electron chi connectivity index (χ3n) is 5.01. The van der Waals surface area contributed by atoms with Gasteiger partial charge in [0.2, 0.25) is 0 Å². The summed E-state index contributed by atoms with van der Waals surface area (Å²) in [7, 11) is -3.27. The Bertz CT molecular complexity index is 572. The molecule has 1 aromatic rings. The monoisotopic (exact) mass is 353 g/mol. The lowest BCUT2D eigenvalue weighted by Crippen LogP contribution is -2.35. The quantitative estimate of drug-likeness (QED) is 0.662. The molecule has 0 amide bonds. The zero-order chi connectivity index (χ0) is 17.2. The van der Waals surface area contributed by atoms with Crippen LogP contribution in [0.2, 0.25) is 0 Å². The summed E-state index contributed by atoms with van der Waals surface area (Å²) in [6.45, 7) is 6.56. The molecule has 134 valence electrons. The third kappa shape index (κ3) is 3.33. The van der Waals surface area contributed by atoms with Gasteiger partial charge in [-0.2, -0.15) is 5.06 Å². The van der Waals surface area contributed by atoms with Gasteiger partial charge in [-0.05, 0) is 39.2 Å². The van der Waals surface area contributed by atoms with E-state index in [1.54, 1.807) is 0 Å². The Labute approximate surface area is 144 Å². The summed E-state index contributed by atoms with van der Waals surface area (Å²) in [4.78, 5) is 6.25. The summed E-state index contributed by atoms with van der Waals surface area (Å²) in [5.74, 6) is -0.125. The average molecular weight is 353 g/mol. The van der Waals surface area contributed by atoms with Crippen molar-refractivity contribution in [2.45, 2.75) is 58.0 Å². The molecule has 1 saturated heterocycles. The van der Waals surface area contributed by atoms with E-state index in [0.29, 0.717) is 13.2 Å². The first kappa shape index (κ1) is 18.1. The Morgan fingerprint density at radius 1 is 1.21 bits per heavy atom. The van der Waals surface area contributed by atoms with Crippen molar-refractivity contribution in [2.24, 2.45) is 5.92 Å². The van der Waals surface area contributed by atoms with Crippen LogP contribution in [0.15, 0.2) is 30.3 Å². The lowest BCUT2D eigenvalue weighted by molar-refractivity contribution is -0.179. The normalized spacial score (nSPS) is 28.9. The molecule has 4 atom stereocenters. The van der Waals surface area contributed by atoms with E-state index in [1.807, 2.05) is 37.1 Å². The Balaban J connectivity index is 1.93. The first-order chi connectivity index (χ1) is 11.6. The lowest BCUT2D eigenvalue weighted by atomic mass is 10.0. The van der Waals surface area contributed by atoms with E-state index in [-0.39, 0.29) is 23.8 Å². The van der Waals surface area contributed by atoms with Crippen LogP contribution in [-0.2, 0) is 18.5 Å². The van der Waals surface area contributed by atoms with Gasteiger partial charge in [-0.25, -0.2) is 0 Å². The number of nitrogens with zero attached hydrogens (tertiary/aromatic N) is 1. The molecule has 0 radical (unpaired) electrons. The number of rotatable bonds is 7. The minimum absolute atomic E-state index is 0.00367. The molecule has 2 aliphatic rings. The molecule has 1 aliphatic heterocycles. The second-order valence-corrected chi connectivity index (χ2v) is 8.60. The summed E-state index contributed by atoms with van der Waals surface area (Å²) >= 11 is 0. The van der Waals surface area contributed by atoms with Crippen LogP contribution < -0.4 is 0 Å². The van der Waals surface area contributed by atoms with Crippen LogP contribution >= 0.6 is 7.60 Å². The summed E-state index contributed by atoms with van der Waals surface area (Å²) in [6, 6.07) is 10.2. The Morgan fingerprint density at radius 2 is 1.88 bits per heavy atom. The molecule has 0 N–H and O–H groups in total. The van der Waals surface area contributed by atoms with Gasteiger partial charge in [0.25, 0.3) is 0 Å². The molecule has 1 aromatic carbocycles. The fourth-order valence-electron chi connectivity index (χ4n) is 3.96. The van der Waals surface area contributed by atoms with Gasteiger partial charge in [-0.15, -0.1) is 0 Å². The van der Waals surface area contributed by atoms with Crippen LogP contribution in [0.5, 0.6) is 0 Å². The van der Waals surface area contributed by atoms with E-state index < -0.39 is 7.60 Å². The number of hydroxylamine groups is 2. The molecule has 1 saturated carbocycles. The molecule has 1 aliphatic carbocycles. The van der Waals surface area contributed by atoms with Crippen molar-refractivity contribution < 1.29 is 18.5 Å². The summed E-state index contributed by atoms with van der Waals surface area (Å²) in [6.07, 6.45) is 3.25. The van der Waals surface area contributed by atoms with Gasteiger partial charge in [0.1, 0.15) is 5.78 Å². The van der Waals surface area contributed by atoms with Gasteiger partial charge in [-0.3, -0.25) is 9.40 Å². The van der Waals surface area contributed by atoms with E-state index in [2.05, 4.69) is 19.1 Å². The molecule has 1 heterocycles. The fraction of sp³-hybridized carbons (Fsp3) is 0.667. The second-order valence-electron chi connectivity index (χ2n) is 6.47. The largest absolute Gasteiger partial charge is 0.350 e. The predicted octanol–water partition coefficient (Wildman–Crippen LogP) is 4.76. The highest BCUT2D eigenvalue weighted by atomic mass is 31.2. The first-order valence-electron chi connectivity index (χ1n) is 8.99. The standard InChI is InChI=1S/C18H28NO4P/c1-4-21-24(20,22-5-2)18-16-12-9-13-17(16)23-19(18)14(3)15-10-7-6-8-11-15/h6-8,10-11,14,16-18H,4-5,9,12-13H2,1-3H3/t14-,16+,17-,18-/m0/s1. The van der Waals surface area contributed by atoms with Crippen molar-refractivity contribution in [3.05, 3.63) is 35.9 Å². The molecule has 2 fully saturated rings. The van der Waals surface area contributed by atoms with Gasteiger partial charge in [0, 0.05) is 5.92 Å². The smallest absolute Gasteiger partial charge is 0.308 e. The van der Waals surface area contributed by atoms with Crippen LogP contribution in [0.4, 0.5) is 0 Å². The van der Waals surface area contributed by atoms with Crippen LogP contribution in [-0.4, -0.2) is 30.2 Å². The van der Waals surface area contributed by atoms with Gasteiger partial charge in [0.15, 0.2) is 0 Å². The number of hydrogen-bond acceptors (Lipinski definition) is 5. The maximum Gasteiger partial charge on any atom is 0.350 e. The lowest BCUT2D eigenvalue weighted by Gasteiger charge is -2.34. The topological polar surface area (TPSA) is 48.0 Å². The zero-order valence-electron chi connectivity index (χ0n) is 14.8. The van der Waals surface area contributed by atoms with Crippen LogP contribution in [0.1, 0.15) is 51.6 Å². The second kappa shape index (κ2) is 7.67. The van der Waals surface area contributed by atoms with E-state index in [0.717, 1.165) is 24.8 Å². The summed E-state index contributed by atoms with van der Waals surface area (Å²) in [5.41, 5.74) is 1.14. The maximum absolute atomic E-state index is 13.5. The Hall–Kier alpha value is -0.710. The zero-order valence-corrected chi connectivity index (χ0v) is 15.7. The molecule has 0 unspecified atom stereocenters. The molecule has 5 nitrogen and oxygen atoms in total. The molecule has 0 bridgehead atoms. The van der Waals surface area contributed by atoms with Gasteiger partial charge >= 0.3 is 7.60 Å². The van der Waals surface area contributed by atoms with E-state index in [9.17, 15) is 4.57 Å². The Kier molecular flexibility index (Phi) is 5.78. The van der Waals surface area contributed by atoms with Crippen molar-refractivity contribution >= 4 is 7.60 Å². The van der Waals surface area contributed by atoms with Crippen LogP contribution in [0.25, 0.3) is 0 Å². The minimum atomic E-state index is -3.27. The highest BCUT2D eigenvalue weighted by Gasteiger charge is 2.56. The molecule has 6 heteroatoms. The molecular formula is C18H28NO4P. The van der Waals surface area contributed by atoms with Crippen molar-refractivity contribution in [3.63, 3.8) is 0 Å². The van der Waals surface area contributed by atoms with Gasteiger partial charge in [0.05, 0.1) is 25.4 Å². The highest BCUT2D eigenvalue weighted by molar-refractivity contribution is 7.54. The van der Waals surface area contributed by atoms with Crippen molar-refractivity contribution in [1.29, 1.82) is 0 Å². The van der Waals surface area contributed by atoms with Crippen molar-refractivity contribution in [2.75, 3.05) is 13.2 Å². The highest BCUT2D eigenvalue weighted by Crippen LogP contribution is 2.63. The molecule has 3 rings (SSSR count).